The highest BCUT2D eigenvalue weighted by Gasteiger charge is 2.19. The number of para-hydroxylation sites is 2. The number of benzene rings is 3. The normalized spacial score (nSPS) is 13.8. The average molecular weight is 603 g/mol. The van der Waals surface area contributed by atoms with Gasteiger partial charge in [-0.25, -0.2) is 0 Å². The van der Waals surface area contributed by atoms with E-state index >= 15 is 0 Å². The van der Waals surface area contributed by atoms with E-state index in [0.29, 0.717) is 17.9 Å². The fraction of sp³-hybridized carbons (Fsp3) is 0.310. The summed E-state index contributed by atoms with van der Waals surface area (Å²) in [7, 11) is 1.72. The van der Waals surface area contributed by atoms with Crippen molar-refractivity contribution in [3.8, 4) is 11.5 Å². The molecule has 0 spiro atoms. The second kappa shape index (κ2) is 14.8. The highest BCUT2D eigenvalue weighted by molar-refractivity contribution is 9.10. The number of nitrogens with zero attached hydrogens (tertiary/aromatic N) is 3. The third kappa shape index (κ3) is 7.96. The number of nitro benzene ring substituents is 1. The summed E-state index contributed by atoms with van der Waals surface area (Å²) in [4.78, 5) is 15.8. The van der Waals surface area contributed by atoms with Gasteiger partial charge in [0.15, 0.2) is 0 Å². The molecular formula is C29H33BrClN3O4. The van der Waals surface area contributed by atoms with Crippen molar-refractivity contribution in [1.82, 2.24) is 4.90 Å². The van der Waals surface area contributed by atoms with Crippen LogP contribution in [0.15, 0.2) is 71.2 Å². The number of piperazine rings is 1. The van der Waals surface area contributed by atoms with Crippen LogP contribution in [0.25, 0.3) is 12.2 Å². The topological polar surface area (TPSA) is 68.1 Å². The van der Waals surface area contributed by atoms with Crippen molar-refractivity contribution in [3.63, 3.8) is 0 Å². The number of hydrogen-bond acceptors (Lipinski definition) is 6. The van der Waals surface area contributed by atoms with Gasteiger partial charge in [-0.3, -0.25) is 15.0 Å². The van der Waals surface area contributed by atoms with Crippen LogP contribution in [-0.2, 0) is 0 Å². The van der Waals surface area contributed by atoms with Crippen molar-refractivity contribution >= 4 is 51.9 Å². The first-order valence-electron chi connectivity index (χ1n) is 12.5. The maximum Gasteiger partial charge on any atom is 0.270 e. The number of unbranched alkanes of at least 4 members (excludes halogenated alkanes) is 1. The number of anilines is 1. The van der Waals surface area contributed by atoms with Gasteiger partial charge in [0.25, 0.3) is 5.69 Å². The predicted octanol–water partition coefficient (Wildman–Crippen LogP) is 6.94. The molecule has 1 saturated heterocycles. The molecule has 9 heteroatoms. The Bertz CT molecular complexity index is 1230. The average Bonchev–Trinajstić information content (AvgIpc) is 2.93. The lowest BCUT2D eigenvalue weighted by molar-refractivity contribution is -0.384. The molecule has 4 rings (SSSR count). The first-order chi connectivity index (χ1) is 18.0. The van der Waals surface area contributed by atoms with Gasteiger partial charge in [-0.05, 0) is 49.2 Å². The second-order valence-electron chi connectivity index (χ2n) is 8.89. The molecule has 0 saturated carbocycles. The SMILES string of the molecule is COc1ccccc1N1CCN(CCCCOc2ccc([N+](=O)[O-])cc2C=Cc2ccccc2Br)CC1.Cl. The van der Waals surface area contributed by atoms with E-state index in [2.05, 4.69) is 37.9 Å². The first kappa shape index (κ1) is 29.5. The standard InChI is InChI=1S/C29H32BrN3O4.ClH/c1-36-29-11-5-4-10-27(29)32-19-17-31(18-20-32)16-6-7-21-37-28-15-14-25(33(34)35)22-24(28)13-12-23-8-2-3-9-26(23)30;/h2-5,8-15,22H,6-7,16-21H2,1H3;1H. The summed E-state index contributed by atoms with van der Waals surface area (Å²) in [6, 6.07) is 20.8. The largest absolute Gasteiger partial charge is 0.495 e. The molecule has 38 heavy (non-hydrogen) atoms. The van der Waals surface area contributed by atoms with Gasteiger partial charge in [-0.2, -0.15) is 0 Å². The van der Waals surface area contributed by atoms with Gasteiger partial charge in [-0.1, -0.05) is 58.4 Å². The number of nitro groups is 1. The quantitative estimate of drug-likeness (QED) is 0.103. The van der Waals surface area contributed by atoms with Crippen molar-refractivity contribution in [1.29, 1.82) is 0 Å². The van der Waals surface area contributed by atoms with Crippen LogP contribution in [0.2, 0.25) is 0 Å². The van der Waals surface area contributed by atoms with E-state index in [1.807, 2.05) is 48.6 Å². The molecule has 0 aliphatic carbocycles. The molecule has 1 heterocycles. The minimum atomic E-state index is -0.382. The first-order valence-corrected chi connectivity index (χ1v) is 13.3. The Labute approximate surface area is 238 Å². The van der Waals surface area contributed by atoms with Crippen LogP contribution in [-0.4, -0.2) is 56.3 Å². The number of methoxy groups -OCH3 is 1. The number of ether oxygens (including phenoxy) is 2. The Kier molecular flexibility index (Phi) is 11.5. The third-order valence-corrected chi connectivity index (χ3v) is 7.20. The molecule has 0 bridgehead atoms. The molecule has 0 N–H and O–H groups in total. The molecule has 3 aromatic rings. The molecule has 0 amide bonds. The number of non-ortho nitro benzene ring substituents is 1. The van der Waals surface area contributed by atoms with Crippen LogP contribution in [0.3, 0.4) is 0 Å². The molecule has 1 fully saturated rings. The number of rotatable bonds is 11. The maximum absolute atomic E-state index is 11.3. The Hall–Kier alpha value is -3.07. The molecule has 3 aromatic carbocycles. The molecule has 0 unspecified atom stereocenters. The fourth-order valence-corrected chi connectivity index (χ4v) is 4.84. The van der Waals surface area contributed by atoms with Crippen molar-refractivity contribution in [2.45, 2.75) is 12.8 Å². The van der Waals surface area contributed by atoms with Crippen LogP contribution in [0.1, 0.15) is 24.0 Å². The lowest BCUT2D eigenvalue weighted by atomic mass is 10.1. The van der Waals surface area contributed by atoms with Crippen LogP contribution >= 0.6 is 28.3 Å². The van der Waals surface area contributed by atoms with Gasteiger partial charge in [0.1, 0.15) is 11.5 Å². The zero-order valence-electron chi connectivity index (χ0n) is 21.4. The molecular weight excluding hydrogens is 570 g/mol. The van der Waals surface area contributed by atoms with Gasteiger partial charge in [0.05, 0.1) is 24.3 Å². The Morgan fingerprint density at radius 2 is 1.63 bits per heavy atom. The summed E-state index contributed by atoms with van der Waals surface area (Å²) >= 11 is 3.54. The number of halogens is 2. The summed E-state index contributed by atoms with van der Waals surface area (Å²) in [6.07, 6.45) is 5.74. The van der Waals surface area contributed by atoms with Gasteiger partial charge in [-0.15, -0.1) is 12.4 Å². The van der Waals surface area contributed by atoms with E-state index in [4.69, 9.17) is 9.47 Å². The van der Waals surface area contributed by atoms with Gasteiger partial charge in [0.2, 0.25) is 0 Å². The van der Waals surface area contributed by atoms with E-state index in [0.717, 1.165) is 67.0 Å². The van der Waals surface area contributed by atoms with Crippen molar-refractivity contribution in [2.24, 2.45) is 0 Å². The monoisotopic (exact) mass is 601 g/mol. The van der Waals surface area contributed by atoms with Crippen LogP contribution in [0, 0.1) is 10.1 Å². The van der Waals surface area contributed by atoms with E-state index in [1.165, 1.54) is 6.07 Å². The van der Waals surface area contributed by atoms with Crippen LogP contribution in [0.5, 0.6) is 11.5 Å². The Morgan fingerprint density at radius 3 is 2.37 bits per heavy atom. The summed E-state index contributed by atoms with van der Waals surface area (Å²) < 4.78 is 12.5. The van der Waals surface area contributed by atoms with Crippen LogP contribution < -0.4 is 14.4 Å². The smallest absolute Gasteiger partial charge is 0.270 e. The van der Waals surface area contributed by atoms with Crippen molar-refractivity contribution < 1.29 is 14.4 Å². The van der Waals surface area contributed by atoms with Gasteiger partial charge >= 0.3 is 0 Å². The molecule has 202 valence electrons. The van der Waals surface area contributed by atoms with E-state index in [9.17, 15) is 10.1 Å². The molecule has 1 aliphatic rings. The van der Waals surface area contributed by atoms with E-state index in [1.54, 1.807) is 19.2 Å². The lowest BCUT2D eigenvalue weighted by Crippen LogP contribution is -2.46. The highest BCUT2D eigenvalue weighted by atomic mass is 79.9. The molecule has 7 nitrogen and oxygen atoms in total. The fourth-order valence-electron chi connectivity index (χ4n) is 4.42. The predicted molar refractivity (Wildman–Crippen MR) is 160 cm³/mol. The maximum atomic E-state index is 11.3. The van der Waals surface area contributed by atoms with Gasteiger partial charge < -0.3 is 14.4 Å². The Balaban J connectivity index is 0.00000400. The zero-order valence-corrected chi connectivity index (χ0v) is 23.8. The van der Waals surface area contributed by atoms with Gasteiger partial charge in [0, 0.05) is 48.3 Å². The molecule has 1 aliphatic heterocycles. The third-order valence-electron chi connectivity index (χ3n) is 6.48. The zero-order chi connectivity index (χ0) is 26.0. The Morgan fingerprint density at radius 1 is 0.921 bits per heavy atom. The summed E-state index contributed by atoms with van der Waals surface area (Å²) in [5.74, 6) is 1.57. The lowest BCUT2D eigenvalue weighted by Gasteiger charge is -2.36. The second-order valence-corrected chi connectivity index (χ2v) is 9.74. The van der Waals surface area contributed by atoms with Crippen molar-refractivity contribution in [2.75, 3.05) is 51.3 Å². The molecule has 0 atom stereocenters. The highest BCUT2D eigenvalue weighted by Crippen LogP contribution is 2.29. The van der Waals surface area contributed by atoms with Crippen molar-refractivity contribution in [3.05, 3.63) is 92.4 Å². The van der Waals surface area contributed by atoms with E-state index < -0.39 is 0 Å². The minimum Gasteiger partial charge on any atom is -0.495 e. The molecule has 0 aromatic heterocycles. The van der Waals surface area contributed by atoms with E-state index in [-0.39, 0.29) is 23.0 Å². The summed E-state index contributed by atoms with van der Waals surface area (Å²) in [6.45, 7) is 5.59. The number of hydrogen-bond donors (Lipinski definition) is 0. The minimum absolute atomic E-state index is 0. The molecule has 0 radical (unpaired) electrons. The van der Waals surface area contributed by atoms with Crippen LogP contribution in [0.4, 0.5) is 11.4 Å². The summed E-state index contributed by atoms with van der Waals surface area (Å²) in [5.41, 5.74) is 2.89. The summed E-state index contributed by atoms with van der Waals surface area (Å²) in [5, 5.41) is 11.3.